The van der Waals surface area contributed by atoms with E-state index >= 15 is 0 Å². The summed E-state index contributed by atoms with van der Waals surface area (Å²) >= 11 is 5.32. The third-order valence-electron chi connectivity index (χ3n) is 3.26. The Kier molecular flexibility index (Phi) is 4.59. The third-order valence-corrected chi connectivity index (χ3v) is 4.87. The van der Waals surface area contributed by atoms with E-state index in [9.17, 15) is 24.2 Å². The highest BCUT2D eigenvalue weighted by Gasteiger charge is 2.66. The molecule has 2 aromatic carbocycles. The first-order valence-electron chi connectivity index (χ1n) is 7.15. The van der Waals surface area contributed by atoms with E-state index in [2.05, 4.69) is 0 Å². The second kappa shape index (κ2) is 5.88. The smallest absolute Gasteiger partial charge is 0.343 e. The molecule has 0 spiro atoms. The molecule has 9 heteroatoms. The number of rotatable bonds is 5. The average molecular weight is 401 g/mol. The van der Waals surface area contributed by atoms with Crippen LogP contribution in [0.25, 0.3) is 0 Å². The molecule has 2 nitrogen and oxygen atoms in total. The predicted octanol–water partition coefficient (Wildman–Crippen LogP) is 7.17. The van der Waals surface area contributed by atoms with Crippen molar-refractivity contribution in [3.63, 3.8) is 0 Å². The Morgan fingerprint density at radius 2 is 1.64 bits per heavy atom. The summed E-state index contributed by atoms with van der Waals surface area (Å²) < 4.78 is 68.8. The Hall–Kier alpha value is -1.80. The number of benzene rings is 2. The fourth-order valence-electron chi connectivity index (χ4n) is 2.12. The molecule has 2 aromatic rings. The van der Waals surface area contributed by atoms with Crippen molar-refractivity contribution in [3.05, 3.63) is 58.6 Å². The summed E-state index contributed by atoms with van der Waals surface area (Å²) in [6.07, 6.45) is 1.77. The SMILES string of the molecule is CCCc1ccc(C(=O)Oc2ccc(S(F)(F)(F)(F)F)c(Cl)c2)cc1. The summed E-state index contributed by atoms with van der Waals surface area (Å²) in [5.41, 5.74) is 1.19. The Balaban J connectivity index is 2.21. The number of carbonyl (C=O) groups excluding carboxylic acids is 1. The largest absolute Gasteiger partial charge is 0.423 e. The molecule has 0 saturated heterocycles. The summed E-state index contributed by atoms with van der Waals surface area (Å²) in [6, 6.07) is 7.75. The minimum absolute atomic E-state index is 0.108. The van der Waals surface area contributed by atoms with Crippen molar-refractivity contribution in [2.45, 2.75) is 24.7 Å². The number of halogens is 6. The first-order chi connectivity index (χ1) is 11.3. The normalized spacial score (nSPS) is 14.5. The number of hydrogen-bond donors (Lipinski definition) is 0. The van der Waals surface area contributed by atoms with Crippen LogP contribution >= 0.6 is 21.8 Å². The van der Waals surface area contributed by atoms with Crippen LogP contribution in [0.15, 0.2) is 47.4 Å². The molecule has 0 bridgehead atoms. The van der Waals surface area contributed by atoms with E-state index < -0.39 is 26.1 Å². The molecule has 0 aromatic heterocycles. The van der Waals surface area contributed by atoms with Gasteiger partial charge < -0.3 is 4.74 Å². The molecule has 0 aliphatic heterocycles. The van der Waals surface area contributed by atoms with Crippen LogP contribution in [-0.2, 0) is 6.42 Å². The number of ether oxygens (including phenoxy) is 1. The molecule has 0 aliphatic rings. The van der Waals surface area contributed by atoms with Crippen LogP contribution in [0, 0.1) is 0 Å². The maximum atomic E-state index is 12.8. The molecule has 0 fully saturated rings. The van der Waals surface area contributed by atoms with E-state index in [-0.39, 0.29) is 17.4 Å². The van der Waals surface area contributed by atoms with E-state index in [1.165, 1.54) is 12.1 Å². The fourth-order valence-corrected chi connectivity index (χ4v) is 3.48. The lowest BCUT2D eigenvalue weighted by molar-refractivity contribution is 0.0734. The van der Waals surface area contributed by atoms with Gasteiger partial charge in [0.05, 0.1) is 10.6 Å². The van der Waals surface area contributed by atoms with Crippen molar-refractivity contribution in [2.24, 2.45) is 0 Å². The Morgan fingerprint density at radius 3 is 2.12 bits per heavy atom. The monoisotopic (exact) mass is 400 g/mol. The van der Waals surface area contributed by atoms with Crippen LogP contribution in [0.4, 0.5) is 19.4 Å². The lowest BCUT2D eigenvalue weighted by atomic mass is 10.1. The summed E-state index contributed by atoms with van der Waals surface area (Å²) in [5, 5.41) is -1.23. The molecule has 0 atom stereocenters. The lowest BCUT2D eigenvalue weighted by Crippen LogP contribution is -2.10. The minimum Gasteiger partial charge on any atom is -0.423 e. The number of esters is 1. The molecule has 25 heavy (non-hydrogen) atoms. The summed E-state index contributed by atoms with van der Waals surface area (Å²) in [4.78, 5) is 9.76. The molecule has 138 valence electrons. The molecule has 0 heterocycles. The summed E-state index contributed by atoms with van der Waals surface area (Å²) in [5.74, 6) is -1.20. The zero-order chi connectivity index (χ0) is 18.9. The lowest BCUT2D eigenvalue weighted by Gasteiger charge is -2.41. The van der Waals surface area contributed by atoms with Crippen LogP contribution < -0.4 is 4.74 Å². The third kappa shape index (κ3) is 5.09. The van der Waals surface area contributed by atoms with Gasteiger partial charge in [-0.1, -0.05) is 56.5 Å². The van der Waals surface area contributed by atoms with Crippen molar-refractivity contribution in [1.29, 1.82) is 0 Å². The standard InChI is InChI=1S/C16H14ClF5O2S/c1-2-3-11-4-6-12(7-5-11)16(23)24-13-8-9-15(14(17)10-13)25(18,19,20,21)22/h4-10H,2-3H2,1H3. The van der Waals surface area contributed by atoms with E-state index in [4.69, 9.17) is 16.3 Å². The number of aryl methyl sites for hydroxylation is 1. The first-order valence-corrected chi connectivity index (χ1v) is 9.48. The van der Waals surface area contributed by atoms with Gasteiger partial charge in [-0.3, -0.25) is 0 Å². The van der Waals surface area contributed by atoms with Gasteiger partial charge >= 0.3 is 16.2 Å². The fraction of sp³-hybridized carbons (Fsp3) is 0.188. The van der Waals surface area contributed by atoms with E-state index in [0.29, 0.717) is 12.1 Å². The number of carbonyl (C=O) groups is 1. The molecule has 0 amide bonds. The van der Waals surface area contributed by atoms with Crippen molar-refractivity contribution >= 4 is 27.8 Å². The van der Waals surface area contributed by atoms with Gasteiger partial charge in [-0.2, -0.15) is 0 Å². The topological polar surface area (TPSA) is 26.3 Å². The molecule has 0 N–H and O–H groups in total. The van der Waals surface area contributed by atoms with Gasteiger partial charge in [-0.05, 0) is 36.2 Å². The molecule has 0 aliphatic carbocycles. The van der Waals surface area contributed by atoms with Gasteiger partial charge in [0.15, 0.2) is 0 Å². The van der Waals surface area contributed by atoms with Crippen LogP contribution in [0.3, 0.4) is 0 Å². The molecule has 2 rings (SSSR count). The van der Waals surface area contributed by atoms with Gasteiger partial charge in [0.2, 0.25) is 0 Å². The van der Waals surface area contributed by atoms with Crippen LogP contribution in [0.1, 0.15) is 29.3 Å². The highest BCUT2D eigenvalue weighted by atomic mass is 35.5. The first kappa shape index (κ1) is 19.5. The minimum atomic E-state index is -9.90. The maximum absolute atomic E-state index is 12.8. The molecule has 0 radical (unpaired) electrons. The molecular formula is C16H14ClF5O2S. The zero-order valence-electron chi connectivity index (χ0n) is 12.9. The molecule has 0 saturated carbocycles. The zero-order valence-corrected chi connectivity index (χ0v) is 14.5. The Bertz CT molecular complexity index is 804. The van der Waals surface area contributed by atoms with Crippen LogP contribution in [0.2, 0.25) is 5.02 Å². The van der Waals surface area contributed by atoms with Crippen molar-refractivity contribution in [1.82, 2.24) is 0 Å². The second-order valence-electron chi connectivity index (χ2n) is 5.40. The van der Waals surface area contributed by atoms with Gasteiger partial charge in [-0.25, -0.2) is 4.79 Å². The summed E-state index contributed by atoms with van der Waals surface area (Å²) in [6.45, 7) is 2.00. The van der Waals surface area contributed by atoms with Gasteiger partial charge in [0, 0.05) is 6.07 Å². The Morgan fingerprint density at radius 1 is 1.04 bits per heavy atom. The van der Waals surface area contributed by atoms with Gasteiger partial charge in [-0.15, -0.1) is 0 Å². The van der Waals surface area contributed by atoms with Crippen LogP contribution in [0.5, 0.6) is 5.75 Å². The van der Waals surface area contributed by atoms with Gasteiger partial charge in [0.1, 0.15) is 10.6 Å². The molecular weight excluding hydrogens is 387 g/mol. The van der Waals surface area contributed by atoms with Crippen molar-refractivity contribution in [3.8, 4) is 5.75 Å². The summed E-state index contributed by atoms with van der Waals surface area (Å²) in [7, 11) is -9.90. The van der Waals surface area contributed by atoms with Crippen molar-refractivity contribution in [2.75, 3.05) is 0 Å². The quantitative estimate of drug-likeness (QED) is 0.302. The second-order valence-corrected chi connectivity index (χ2v) is 8.18. The predicted molar refractivity (Wildman–Crippen MR) is 88.2 cm³/mol. The van der Waals surface area contributed by atoms with E-state index in [0.717, 1.165) is 18.4 Å². The maximum Gasteiger partial charge on any atom is 0.343 e. The number of hydrogen-bond acceptors (Lipinski definition) is 2. The highest BCUT2D eigenvalue weighted by molar-refractivity contribution is 8.45. The van der Waals surface area contributed by atoms with E-state index in [1.807, 2.05) is 6.92 Å². The molecule has 0 unspecified atom stereocenters. The average Bonchev–Trinajstić information content (AvgIpc) is 2.45. The van der Waals surface area contributed by atoms with Crippen molar-refractivity contribution < 1.29 is 29.0 Å². The Labute approximate surface area is 146 Å². The highest BCUT2D eigenvalue weighted by Crippen LogP contribution is 3.02. The van der Waals surface area contributed by atoms with E-state index in [1.54, 1.807) is 12.1 Å². The van der Waals surface area contributed by atoms with Crippen LogP contribution in [-0.4, -0.2) is 5.97 Å². The van der Waals surface area contributed by atoms with Gasteiger partial charge in [0.25, 0.3) is 0 Å².